The molecule has 1 atom stereocenters. The third-order valence-electron chi connectivity index (χ3n) is 4.51. The van der Waals surface area contributed by atoms with E-state index in [2.05, 4.69) is 16.2 Å². The van der Waals surface area contributed by atoms with Gasteiger partial charge in [0.15, 0.2) is 11.5 Å². The number of hydrogen-bond acceptors (Lipinski definition) is 5. The highest BCUT2D eigenvalue weighted by Crippen LogP contribution is 2.28. The number of hydrogen-bond donors (Lipinski definition) is 3. The summed E-state index contributed by atoms with van der Waals surface area (Å²) in [6.07, 6.45) is -0.0983. The van der Waals surface area contributed by atoms with Crippen molar-refractivity contribution in [3.63, 3.8) is 0 Å². The van der Waals surface area contributed by atoms with E-state index in [4.69, 9.17) is 9.47 Å². The van der Waals surface area contributed by atoms with Crippen LogP contribution in [0.25, 0.3) is 0 Å². The summed E-state index contributed by atoms with van der Waals surface area (Å²) in [5, 5.41) is 2.30. The van der Waals surface area contributed by atoms with E-state index in [1.807, 2.05) is 13.8 Å². The first-order chi connectivity index (χ1) is 15.5. The Morgan fingerprint density at radius 2 is 1.52 bits per heavy atom. The summed E-state index contributed by atoms with van der Waals surface area (Å²) in [7, 11) is 1.43. The molecule has 2 aromatic rings. The Balaban J connectivity index is 2.07. The molecule has 0 aromatic heterocycles. The van der Waals surface area contributed by atoms with Crippen LogP contribution in [-0.2, 0) is 4.79 Å². The van der Waals surface area contributed by atoms with E-state index in [1.54, 1.807) is 19.9 Å². The van der Waals surface area contributed by atoms with Crippen molar-refractivity contribution in [1.82, 2.24) is 16.2 Å². The molecule has 33 heavy (non-hydrogen) atoms. The molecule has 3 amide bonds. The third-order valence-corrected chi connectivity index (χ3v) is 4.51. The van der Waals surface area contributed by atoms with Gasteiger partial charge >= 0.3 is 0 Å². The zero-order valence-corrected chi connectivity index (χ0v) is 19.0. The lowest BCUT2D eigenvalue weighted by atomic mass is 10.0. The smallest absolute Gasteiger partial charge is 0.269 e. The Hall–Kier alpha value is -3.69. The van der Waals surface area contributed by atoms with Crippen molar-refractivity contribution in [2.45, 2.75) is 39.8 Å². The Morgan fingerprint density at radius 1 is 0.879 bits per heavy atom. The molecule has 0 aliphatic rings. The van der Waals surface area contributed by atoms with Gasteiger partial charge in [0.05, 0.1) is 13.2 Å². The van der Waals surface area contributed by atoms with Crippen LogP contribution in [0.4, 0.5) is 8.78 Å². The highest BCUT2D eigenvalue weighted by Gasteiger charge is 2.27. The maximum atomic E-state index is 13.9. The average Bonchev–Trinajstić information content (AvgIpc) is 2.75. The summed E-state index contributed by atoms with van der Waals surface area (Å²) in [4.78, 5) is 37.4. The molecule has 0 saturated carbocycles. The van der Waals surface area contributed by atoms with Crippen LogP contribution in [0.5, 0.6) is 11.5 Å². The summed E-state index contributed by atoms with van der Waals surface area (Å²) >= 11 is 0. The van der Waals surface area contributed by atoms with Crippen molar-refractivity contribution in [2.75, 3.05) is 7.11 Å². The molecule has 8 nitrogen and oxygen atoms in total. The second-order valence-corrected chi connectivity index (χ2v) is 7.77. The lowest BCUT2D eigenvalue weighted by Gasteiger charge is -2.22. The van der Waals surface area contributed by atoms with Crippen molar-refractivity contribution in [2.24, 2.45) is 5.92 Å². The molecule has 0 aliphatic carbocycles. The Labute approximate surface area is 190 Å². The molecule has 3 N–H and O–H groups in total. The van der Waals surface area contributed by atoms with Crippen LogP contribution in [0.2, 0.25) is 0 Å². The molecule has 0 unspecified atom stereocenters. The van der Waals surface area contributed by atoms with Crippen LogP contribution in [0.3, 0.4) is 0 Å². The SMILES string of the molecule is COc1cc(C(=O)NNC(=O)[C@@H](NC(=O)c2c(F)cccc2F)C(C)C)ccc1OC(C)C. The number of carbonyl (C=O) groups is 3. The van der Waals surface area contributed by atoms with Crippen molar-refractivity contribution in [3.8, 4) is 11.5 Å². The second kappa shape index (κ2) is 11.3. The molecule has 0 aliphatic heterocycles. The molecule has 0 radical (unpaired) electrons. The van der Waals surface area contributed by atoms with Crippen LogP contribution >= 0.6 is 0 Å². The Bertz CT molecular complexity index is 1010. The van der Waals surface area contributed by atoms with Crippen LogP contribution in [0, 0.1) is 17.6 Å². The summed E-state index contributed by atoms with van der Waals surface area (Å²) < 4.78 is 38.6. The predicted molar refractivity (Wildman–Crippen MR) is 117 cm³/mol. The van der Waals surface area contributed by atoms with E-state index in [0.717, 1.165) is 18.2 Å². The van der Waals surface area contributed by atoms with Crippen LogP contribution in [0.1, 0.15) is 48.4 Å². The summed E-state index contributed by atoms with van der Waals surface area (Å²) in [6, 6.07) is 6.33. The molecule has 2 rings (SSSR count). The minimum atomic E-state index is -1.17. The van der Waals surface area contributed by atoms with Gasteiger partial charge in [-0.1, -0.05) is 19.9 Å². The number of benzene rings is 2. The molecule has 0 saturated heterocycles. The number of nitrogens with one attached hydrogen (secondary N) is 3. The fourth-order valence-corrected chi connectivity index (χ4v) is 2.89. The molecule has 2 aromatic carbocycles. The highest BCUT2D eigenvalue weighted by atomic mass is 19.1. The monoisotopic (exact) mass is 463 g/mol. The van der Waals surface area contributed by atoms with Gasteiger partial charge < -0.3 is 14.8 Å². The van der Waals surface area contributed by atoms with Gasteiger partial charge in [0, 0.05) is 5.56 Å². The normalized spacial score (nSPS) is 11.7. The van der Waals surface area contributed by atoms with E-state index >= 15 is 0 Å². The molecule has 10 heteroatoms. The van der Waals surface area contributed by atoms with Gasteiger partial charge in [0.1, 0.15) is 23.2 Å². The zero-order chi connectivity index (χ0) is 24.7. The molecule has 0 heterocycles. The first-order valence-corrected chi connectivity index (χ1v) is 10.2. The van der Waals surface area contributed by atoms with E-state index < -0.39 is 46.9 Å². The first-order valence-electron chi connectivity index (χ1n) is 10.2. The molecule has 0 fully saturated rings. The number of rotatable bonds is 8. The van der Waals surface area contributed by atoms with Gasteiger partial charge in [-0.25, -0.2) is 8.78 Å². The fourth-order valence-electron chi connectivity index (χ4n) is 2.89. The zero-order valence-electron chi connectivity index (χ0n) is 19.0. The van der Waals surface area contributed by atoms with Gasteiger partial charge in [0.2, 0.25) is 0 Å². The number of ether oxygens (including phenoxy) is 2. The van der Waals surface area contributed by atoms with E-state index in [1.165, 1.54) is 19.2 Å². The first kappa shape index (κ1) is 25.6. The minimum absolute atomic E-state index is 0.0983. The summed E-state index contributed by atoms with van der Waals surface area (Å²) in [5.41, 5.74) is 3.85. The van der Waals surface area contributed by atoms with Gasteiger partial charge in [-0.15, -0.1) is 0 Å². The van der Waals surface area contributed by atoms with E-state index in [0.29, 0.717) is 11.5 Å². The van der Waals surface area contributed by atoms with Gasteiger partial charge in [-0.05, 0) is 50.1 Å². The van der Waals surface area contributed by atoms with E-state index in [9.17, 15) is 23.2 Å². The third kappa shape index (κ3) is 6.64. The maximum Gasteiger partial charge on any atom is 0.269 e. The van der Waals surface area contributed by atoms with Crippen molar-refractivity contribution in [1.29, 1.82) is 0 Å². The average molecular weight is 463 g/mol. The molecular weight excluding hydrogens is 436 g/mol. The van der Waals surface area contributed by atoms with Gasteiger partial charge in [0.25, 0.3) is 17.7 Å². The largest absolute Gasteiger partial charge is 0.493 e. The summed E-state index contributed by atoms with van der Waals surface area (Å²) in [6.45, 7) is 6.95. The molecule has 0 spiro atoms. The predicted octanol–water partition coefficient (Wildman–Crippen LogP) is 2.98. The lowest BCUT2D eigenvalue weighted by molar-refractivity contribution is -0.124. The van der Waals surface area contributed by atoms with Crippen molar-refractivity contribution in [3.05, 3.63) is 59.2 Å². The van der Waals surface area contributed by atoms with Crippen LogP contribution < -0.4 is 25.6 Å². The summed E-state index contributed by atoms with van der Waals surface area (Å²) in [5.74, 6) is -4.27. The van der Waals surface area contributed by atoms with Gasteiger partial charge in [-0.3, -0.25) is 25.2 Å². The maximum absolute atomic E-state index is 13.9. The number of hydrazine groups is 1. The highest BCUT2D eigenvalue weighted by molar-refractivity contribution is 5.99. The lowest BCUT2D eigenvalue weighted by Crippen LogP contribution is -2.54. The number of halogens is 2. The Kier molecular flexibility index (Phi) is 8.72. The molecular formula is C23H27F2N3O5. The quantitative estimate of drug-likeness (QED) is 0.522. The number of amides is 3. The van der Waals surface area contributed by atoms with Crippen molar-refractivity contribution >= 4 is 17.7 Å². The Morgan fingerprint density at radius 3 is 2.06 bits per heavy atom. The standard InChI is InChI=1S/C23H27F2N3O5/c1-12(2)20(26-22(30)19-15(24)7-6-8-16(19)25)23(31)28-27-21(29)14-9-10-17(33-13(3)4)18(11-14)32-5/h6-13,20H,1-5H3,(H,26,30)(H,27,29)(H,28,31)/t20-/m0/s1. The minimum Gasteiger partial charge on any atom is -0.493 e. The fraction of sp³-hybridized carbons (Fsp3) is 0.348. The second-order valence-electron chi connectivity index (χ2n) is 7.77. The van der Waals surface area contributed by atoms with E-state index in [-0.39, 0.29) is 11.7 Å². The van der Waals surface area contributed by atoms with Gasteiger partial charge in [-0.2, -0.15) is 0 Å². The molecule has 178 valence electrons. The van der Waals surface area contributed by atoms with Crippen LogP contribution in [-0.4, -0.2) is 37.0 Å². The van der Waals surface area contributed by atoms with Crippen molar-refractivity contribution < 1.29 is 32.6 Å². The molecule has 0 bridgehead atoms. The topological polar surface area (TPSA) is 106 Å². The number of carbonyl (C=O) groups excluding carboxylic acids is 3. The number of methoxy groups -OCH3 is 1. The van der Waals surface area contributed by atoms with Crippen LogP contribution in [0.15, 0.2) is 36.4 Å².